The fraction of sp³-hybridized carbons (Fsp3) is 0.333. The quantitative estimate of drug-likeness (QED) is 0.904. The summed E-state index contributed by atoms with van der Waals surface area (Å²) in [5.74, 6) is 0. The van der Waals surface area contributed by atoms with Crippen LogP contribution in [0.15, 0.2) is 51.9 Å². The maximum Gasteiger partial charge on any atom is 0.240 e. The summed E-state index contributed by atoms with van der Waals surface area (Å²) < 4.78 is 26.8. The smallest absolute Gasteiger partial charge is 0.211 e. The standard InChI is InChI=1S/C15H18ClNO2S/c1-12-5-7-15(8-6-12)20(18,19)17-10-9-13-3-2-4-14(16)11-13/h4-8,11,17H,2-3,9-10H2,1H3. The zero-order valence-electron chi connectivity index (χ0n) is 11.4. The Hall–Kier alpha value is -1.10. The lowest BCUT2D eigenvalue weighted by atomic mass is 10.0. The van der Waals surface area contributed by atoms with Crippen LogP contribution in [0.2, 0.25) is 0 Å². The van der Waals surface area contributed by atoms with Crippen LogP contribution < -0.4 is 4.72 Å². The van der Waals surface area contributed by atoms with Crippen LogP contribution in [-0.2, 0) is 10.0 Å². The summed E-state index contributed by atoms with van der Waals surface area (Å²) in [5.41, 5.74) is 2.22. The molecule has 0 amide bonds. The zero-order valence-corrected chi connectivity index (χ0v) is 13.0. The first-order valence-corrected chi connectivity index (χ1v) is 8.45. The monoisotopic (exact) mass is 311 g/mol. The Kier molecular flexibility index (Phi) is 5.02. The van der Waals surface area contributed by atoms with Crippen molar-refractivity contribution >= 4 is 21.6 Å². The highest BCUT2D eigenvalue weighted by molar-refractivity contribution is 7.89. The molecular weight excluding hydrogens is 294 g/mol. The highest BCUT2D eigenvalue weighted by Gasteiger charge is 2.13. The molecule has 0 aliphatic heterocycles. The van der Waals surface area contributed by atoms with Crippen molar-refractivity contribution in [1.29, 1.82) is 0 Å². The van der Waals surface area contributed by atoms with E-state index in [1.807, 2.05) is 19.1 Å². The Balaban J connectivity index is 1.93. The van der Waals surface area contributed by atoms with Gasteiger partial charge in [0.1, 0.15) is 0 Å². The Labute approximate surface area is 125 Å². The van der Waals surface area contributed by atoms with Gasteiger partial charge in [0.25, 0.3) is 0 Å². The molecule has 0 saturated heterocycles. The van der Waals surface area contributed by atoms with E-state index in [9.17, 15) is 8.42 Å². The van der Waals surface area contributed by atoms with E-state index in [2.05, 4.69) is 4.72 Å². The van der Waals surface area contributed by atoms with Crippen molar-refractivity contribution in [3.8, 4) is 0 Å². The molecule has 1 aromatic rings. The number of nitrogens with one attached hydrogen (secondary N) is 1. The van der Waals surface area contributed by atoms with Gasteiger partial charge < -0.3 is 0 Å². The number of sulfonamides is 1. The minimum absolute atomic E-state index is 0.304. The van der Waals surface area contributed by atoms with E-state index in [1.165, 1.54) is 5.57 Å². The Morgan fingerprint density at radius 3 is 2.60 bits per heavy atom. The molecule has 20 heavy (non-hydrogen) atoms. The highest BCUT2D eigenvalue weighted by Crippen LogP contribution is 2.21. The predicted octanol–water partition coefficient (Wildman–Crippen LogP) is 3.51. The largest absolute Gasteiger partial charge is 0.240 e. The fourth-order valence-corrected chi connectivity index (χ4v) is 3.36. The molecule has 1 N–H and O–H groups in total. The molecule has 0 atom stereocenters. The maximum atomic E-state index is 12.1. The SMILES string of the molecule is Cc1ccc(S(=O)(=O)NCCC2=CC(Cl)=CCC2)cc1. The van der Waals surface area contributed by atoms with Crippen molar-refractivity contribution in [3.63, 3.8) is 0 Å². The molecule has 0 fully saturated rings. The van der Waals surface area contributed by atoms with Gasteiger partial charge in [-0.1, -0.05) is 40.9 Å². The van der Waals surface area contributed by atoms with E-state index in [4.69, 9.17) is 11.6 Å². The number of rotatable bonds is 5. The molecular formula is C15H18ClNO2S. The van der Waals surface area contributed by atoms with Crippen molar-refractivity contribution < 1.29 is 8.42 Å². The number of allylic oxidation sites excluding steroid dienone is 3. The van der Waals surface area contributed by atoms with Gasteiger partial charge in [-0.15, -0.1) is 0 Å². The third-order valence-electron chi connectivity index (χ3n) is 3.22. The summed E-state index contributed by atoms with van der Waals surface area (Å²) in [5, 5.41) is 0.743. The van der Waals surface area contributed by atoms with Gasteiger partial charge in [0.05, 0.1) is 4.90 Å². The van der Waals surface area contributed by atoms with E-state index >= 15 is 0 Å². The lowest BCUT2D eigenvalue weighted by Gasteiger charge is -2.12. The van der Waals surface area contributed by atoms with Crippen molar-refractivity contribution in [2.24, 2.45) is 0 Å². The Morgan fingerprint density at radius 2 is 1.95 bits per heavy atom. The van der Waals surface area contributed by atoms with Crippen LogP contribution in [0.25, 0.3) is 0 Å². The average Bonchev–Trinajstić information content (AvgIpc) is 2.39. The number of halogens is 1. The number of benzene rings is 1. The molecule has 2 rings (SSSR count). The van der Waals surface area contributed by atoms with Gasteiger partial charge >= 0.3 is 0 Å². The van der Waals surface area contributed by atoms with E-state index in [0.717, 1.165) is 23.4 Å². The molecule has 5 heteroatoms. The molecule has 0 saturated carbocycles. The van der Waals surface area contributed by atoms with Gasteiger partial charge in [-0.2, -0.15) is 0 Å². The fourth-order valence-electron chi connectivity index (χ4n) is 2.07. The van der Waals surface area contributed by atoms with Crippen LogP contribution in [0.1, 0.15) is 24.8 Å². The molecule has 1 aliphatic carbocycles. The summed E-state index contributed by atoms with van der Waals surface area (Å²) in [6.07, 6.45) is 6.46. The molecule has 108 valence electrons. The second-order valence-electron chi connectivity index (χ2n) is 4.89. The van der Waals surface area contributed by atoms with E-state index in [1.54, 1.807) is 24.3 Å². The first-order chi connectivity index (χ1) is 9.47. The number of aryl methyl sites for hydroxylation is 1. The van der Waals surface area contributed by atoms with Crippen molar-refractivity contribution in [2.45, 2.75) is 31.1 Å². The van der Waals surface area contributed by atoms with E-state index in [0.29, 0.717) is 17.9 Å². The van der Waals surface area contributed by atoms with Gasteiger partial charge in [0.15, 0.2) is 0 Å². The van der Waals surface area contributed by atoms with Crippen molar-refractivity contribution in [3.05, 3.63) is 52.6 Å². The highest BCUT2D eigenvalue weighted by atomic mass is 35.5. The predicted molar refractivity (Wildman–Crippen MR) is 82.2 cm³/mol. The van der Waals surface area contributed by atoms with Crippen LogP contribution in [0.4, 0.5) is 0 Å². The van der Waals surface area contributed by atoms with Gasteiger partial charge in [0.2, 0.25) is 10.0 Å². The Morgan fingerprint density at radius 1 is 1.25 bits per heavy atom. The van der Waals surface area contributed by atoms with Gasteiger partial charge in [0, 0.05) is 11.6 Å². The average molecular weight is 312 g/mol. The minimum Gasteiger partial charge on any atom is -0.211 e. The molecule has 3 nitrogen and oxygen atoms in total. The van der Waals surface area contributed by atoms with E-state index in [-0.39, 0.29) is 0 Å². The van der Waals surface area contributed by atoms with Crippen molar-refractivity contribution in [2.75, 3.05) is 6.54 Å². The van der Waals surface area contributed by atoms with Crippen molar-refractivity contribution in [1.82, 2.24) is 4.72 Å². The van der Waals surface area contributed by atoms with Crippen LogP contribution in [-0.4, -0.2) is 15.0 Å². The molecule has 1 aliphatic rings. The Bertz CT molecular complexity index is 630. The number of hydrogen-bond acceptors (Lipinski definition) is 2. The first-order valence-electron chi connectivity index (χ1n) is 6.59. The summed E-state index contributed by atoms with van der Waals surface area (Å²) >= 11 is 5.94. The normalized spacial score (nSPS) is 15.7. The van der Waals surface area contributed by atoms with Gasteiger partial charge in [-0.05, 0) is 44.4 Å². The topological polar surface area (TPSA) is 46.2 Å². The van der Waals surface area contributed by atoms with E-state index < -0.39 is 10.0 Å². The molecule has 0 heterocycles. The van der Waals surface area contributed by atoms with Crippen LogP contribution in [0.5, 0.6) is 0 Å². The first kappa shape index (κ1) is 15.3. The van der Waals surface area contributed by atoms with Crippen LogP contribution in [0.3, 0.4) is 0 Å². The third-order valence-corrected chi connectivity index (χ3v) is 4.96. The molecule has 0 bridgehead atoms. The summed E-state index contributed by atoms with van der Waals surface area (Å²) in [4.78, 5) is 0.304. The molecule has 0 unspecified atom stereocenters. The minimum atomic E-state index is -3.42. The lowest BCUT2D eigenvalue weighted by Crippen LogP contribution is -2.25. The zero-order chi connectivity index (χ0) is 14.6. The second kappa shape index (κ2) is 6.57. The lowest BCUT2D eigenvalue weighted by molar-refractivity contribution is 0.581. The molecule has 0 spiro atoms. The summed E-state index contributed by atoms with van der Waals surface area (Å²) in [6.45, 7) is 2.32. The summed E-state index contributed by atoms with van der Waals surface area (Å²) in [7, 11) is -3.42. The second-order valence-corrected chi connectivity index (χ2v) is 7.09. The van der Waals surface area contributed by atoms with Gasteiger partial charge in [-0.25, -0.2) is 13.1 Å². The van der Waals surface area contributed by atoms with Crippen LogP contribution >= 0.6 is 11.6 Å². The summed E-state index contributed by atoms with van der Waals surface area (Å²) in [6, 6.07) is 6.83. The van der Waals surface area contributed by atoms with Gasteiger partial charge in [-0.3, -0.25) is 0 Å². The molecule has 0 radical (unpaired) electrons. The molecule has 0 aromatic heterocycles. The molecule has 1 aromatic carbocycles. The van der Waals surface area contributed by atoms with Crippen LogP contribution in [0, 0.1) is 6.92 Å². The maximum absolute atomic E-state index is 12.1. The third kappa shape index (κ3) is 4.20. The number of hydrogen-bond donors (Lipinski definition) is 1.